The summed E-state index contributed by atoms with van der Waals surface area (Å²) in [5.74, 6) is -1.87. The van der Waals surface area contributed by atoms with E-state index in [2.05, 4.69) is 10.1 Å². The number of piperidine rings is 1. The van der Waals surface area contributed by atoms with Crippen LogP contribution >= 0.6 is 0 Å². The molecule has 0 spiro atoms. The van der Waals surface area contributed by atoms with E-state index in [0.717, 1.165) is 0 Å². The predicted octanol–water partition coefficient (Wildman–Crippen LogP) is 2.38. The van der Waals surface area contributed by atoms with E-state index in [4.69, 9.17) is 16.2 Å². The fourth-order valence-corrected chi connectivity index (χ4v) is 2.88. The van der Waals surface area contributed by atoms with E-state index in [1.165, 1.54) is 23.9 Å². The number of aromatic nitrogens is 3. The molecule has 0 aliphatic carbocycles. The van der Waals surface area contributed by atoms with Crippen LogP contribution in [0.5, 0.6) is 0 Å². The number of nitrogens with two attached hydrogens (primary N) is 2. The maximum atomic E-state index is 13.8. The zero-order chi connectivity index (χ0) is 19.4. The molecule has 3 rings (SSSR count). The van der Waals surface area contributed by atoms with Gasteiger partial charge in [-0.25, -0.2) is 13.5 Å². The molecule has 0 bridgehead atoms. The summed E-state index contributed by atoms with van der Waals surface area (Å²) in [5.41, 5.74) is 13.0. The topological polar surface area (TPSA) is 95.2 Å². The van der Waals surface area contributed by atoms with E-state index in [0.29, 0.717) is 30.2 Å². The molecular formula is C18H22F2N6O. The van der Waals surface area contributed by atoms with Gasteiger partial charge in [0.05, 0.1) is 25.0 Å². The minimum atomic E-state index is -2.73. The Bertz CT molecular complexity index is 847. The molecule has 2 aromatic heterocycles. The molecule has 1 aliphatic heterocycles. The van der Waals surface area contributed by atoms with Gasteiger partial charge in [-0.2, -0.15) is 0 Å². The van der Waals surface area contributed by atoms with Crippen molar-refractivity contribution in [3.05, 3.63) is 48.5 Å². The summed E-state index contributed by atoms with van der Waals surface area (Å²) in [6, 6.07) is 7.14. The average molecular weight is 376 g/mol. The lowest BCUT2D eigenvalue weighted by atomic mass is 10.1. The van der Waals surface area contributed by atoms with Crippen LogP contribution in [-0.2, 0) is 4.74 Å². The van der Waals surface area contributed by atoms with E-state index in [1.807, 2.05) is 6.07 Å². The molecule has 2 aromatic rings. The first kappa shape index (κ1) is 18.7. The van der Waals surface area contributed by atoms with Crippen LogP contribution in [0.3, 0.4) is 0 Å². The standard InChI is InChI=1S/C18H22F2N6O/c1-27-16(22)7-6-15(21)26-14(13-5-2-3-9-23-13)11-17(24-26)25-10-4-8-18(19,20)12-25/h2-3,5-7,9,11H,4,8,10,12,21-22H2,1H3/b15-6+,16-7+. The van der Waals surface area contributed by atoms with Crippen molar-refractivity contribution in [1.82, 2.24) is 14.8 Å². The molecule has 0 atom stereocenters. The highest BCUT2D eigenvalue weighted by Crippen LogP contribution is 2.31. The molecule has 1 aliphatic rings. The van der Waals surface area contributed by atoms with Gasteiger partial charge in [0, 0.05) is 31.3 Å². The van der Waals surface area contributed by atoms with Gasteiger partial charge in [-0.15, -0.1) is 5.10 Å². The number of halogens is 2. The Balaban J connectivity index is 2.02. The second kappa shape index (κ2) is 7.65. The first-order valence-corrected chi connectivity index (χ1v) is 8.51. The SMILES string of the molecule is CO/C(N)=C/C=C(\N)n1nc(N2CCCC(F)(F)C2)cc1-c1ccccn1. The quantitative estimate of drug-likeness (QED) is 0.615. The highest BCUT2D eigenvalue weighted by Gasteiger charge is 2.36. The fourth-order valence-electron chi connectivity index (χ4n) is 2.88. The Morgan fingerprint density at radius 2 is 2.11 bits per heavy atom. The van der Waals surface area contributed by atoms with Gasteiger partial charge in [-0.1, -0.05) is 6.07 Å². The first-order valence-electron chi connectivity index (χ1n) is 8.51. The van der Waals surface area contributed by atoms with Crippen molar-refractivity contribution in [3.8, 4) is 11.4 Å². The Labute approximate surface area is 155 Å². The van der Waals surface area contributed by atoms with Gasteiger partial charge in [-0.3, -0.25) is 4.98 Å². The second-order valence-electron chi connectivity index (χ2n) is 6.26. The molecule has 0 saturated carbocycles. The third kappa shape index (κ3) is 4.36. The lowest BCUT2D eigenvalue weighted by Crippen LogP contribution is -2.42. The van der Waals surface area contributed by atoms with Crippen molar-refractivity contribution in [3.63, 3.8) is 0 Å². The highest BCUT2D eigenvalue weighted by atomic mass is 19.3. The Morgan fingerprint density at radius 3 is 2.78 bits per heavy atom. The second-order valence-corrected chi connectivity index (χ2v) is 6.26. The summed E-state index contributed by atoms with van der Waals surface area (Å²) in [6.07, 6.45) is 4.96. The number of hydrogen-bond acceptors (Lipinski definition) is 6. The number of alkyl halides is 2. The number of nitrogens with zero attached hydrogens (tertiary/aromatic N) is 4. The van der Waals surface area contributed by atoms with Crippen LogP contribution in [-0.4, -0.2) is 40.9 Å². The maximum absolute atomic E-state index is 13.8. The Morgan fingerprint density at radius 1 is 1.30 bits per heavy atom. The predicted molar refractivity (Wildman–Crippen MR) is 99.6 cm³/mol. The summed E-state index contributed by atoms with van der Waals surface area (Å²) in [7, 11) is 1.44. The summed E-state index contributed by atoms with van der Waals surface area (Å²) in [5, 5.41) is 4.44. The smallest absolute Gasteiger partial charge is 0.265 e. The van der Waals surface area contributed by atoms with Gasteiger partial charge in [0.2, 0.25) is 0 Å². The van der Waals surface area contributed by atoms with Crippen LogP contribution in [0.15, 0.2) is 48.5 Å². The number of rotatable bonds is 5. The first-order chi connectivity index (χ1) is 12.9. The van der Waals surface area contributed by atoms with Crippen molar-refractivity contribution < 1.29 is 13.5 Å². The molecule has 0 radical (unpaired) electrons. The van der Waals surface area contributed by atoms with Gasteiger partial charge >= 0.3 is 0 Å². The summed E-state index contributed by atoms with van der Waals surface area (Å²) in [6.45, 7) is 0.139. The van der Waals surface area contributed by atoms with Crippen LogP contribution < -0.4 is 16.4 Å². The molecule has 0 unspecified atom stereocenters. The lowest BCUT2D eigenvalue weighted by Gasteiger charge is -2.32. The van der Waals surface area contributed by atoms with Crippen molar-refractivity contribution in [2.75, 3.05) is 25.1 Å². The molecule has 0 aromatic carbocycles. The number of hydrogen-bond donors (Lipinski definition) is 2. The van der Waals surface area contributed by atoms with Crippen LogP contribution in [0, 0.1) is 0 Å². The van der Waals surface area contributed by atoms with Crippen LogP contribution in [0.1, 0.15) is 12.8 Å². The lowest BCUT2D eigenvalue weighted by molar-refractivity contribution is -0.0118. The normalized spacial score (nSPS) is 17.8. The number of anilines is 1. The molecule has 4 N–H and O–H groups in total. The molecule has 1 fully saturated rings. The average Bonchev–Trinajstić information content (AvgIpc) is 3.11. The van der Waals surface area contributed by atoms with Crippen LogP contribution in [0.4, 0.5) is 14.6 Å². The van der Waals surface area contributed by atoms with Crippen LogP contribution in [0.25, 0.3) is 17.2 Å². The zero-order valence-electron chi connectivity index (χ0n) is 15.0. The molecule has 27 heavy (non-hydrogen) atoms. The van der Waals surface area contributed by atoms with E-state index in [1.54, 1.807) is 29.3 Å². The maximum Gasteiger partial charge on any atom is 0.265 e. The van der Waals surface area contributed by atoms with Gasteiger partial charge in [0.1, 0.15) is 5.82 Å². The molecule has 7 nitrogen and oxygen atoms in total. The third-order valence-electron chi connectivity index (χ3n) is 4.24. The van der Waals surface area contributed by atoms with E-state index in [9.17, 15) is 8.78 Å². The minimum absolute atomic E-state index is 0.111. The molecule has 3 heterocycles. The number of methoxy groups -OCH3 is 1. The molecule has 9 heteroatoms. The Hall–Kier alpha value is -3.10. The van der Waals surface area contributed by atoms with E-state index >= 15 is 0 Å². The largest absolute Gasteiger partial charge is 0.483 e. The highest BCUT2D eigenvalue weighted by molar-refractivity contribution is 5.66. The van der Waals surface area contributed by atoms with Crippen molar-refractivity contribution in [2.45, 2.75) is 18.8 Å². The monoisotopic (exact) mass is 376 g/mol. The van der Waals surface area contributed by atoms with Gasteiger partial charge < -0.3 is 21.1 Å². The van der Waals surface area contributed by atoms with Gasteiger partial charge in [-0.05, 0) is 24.6 Å². The fraction of sp³-hybridized carbons (Fsp3) is 0.333. The third-order valence-corrected chi connectivity index (χ3v) is 4.24. The Kier molecular flexibility index (Phi) is 5.29. The van der Waals surface area contributed by atoms with Crippen molar-refractivity contribution >= 4 is 11.6 Å². The zero-order valence-corrected chi connectivity index (χ0v) is 15.0. The van der Waals surface area contributed by atoms with Crippen LogP contribution in [0.2, 0.25) is 0 Å². The van der Waals surface area contributed by atoms with Gasteiger partial charge in [0.15, 0.2) is 11.7 Å². The summed E-state index contributed by atoms with van der Waals surface area (Å²) >= 11 is 0. The molecule has 0 amide bonds. The van der Waals surface area contributed by atoms with Gasteiger partial charge in [0.25, 0.3) is 5.92 Å². The summed E-state index contributed by atoms with van der Waals surface area (Å²) < 4.78 is 34.0. The number of ether oxygens (including phenoxy) is 1. The minimum Gasteiger partial charge on any atom is -0.483 e. The number of pyridine rings is 1. The number of allylic oxidation sites excluding steroid dienone is 2. The molecule has 1 saturated heterocycles. The van der Waals surface area contributed by atoms with Crippen molar-refractivity contribution in [1.29, 1.82) is 0 Å². The summed E-state index contributed by atoms with van der Waals surface area (Å²) in [4.78, 5) is 5.88. The van der Waals surface area contributed by atoms with E-state index < -0.39 is 5.92 Å². The van der Waals surface area contributed by atoms with Crippen molar-refractivity contribution in [2.24, 2.45) is 11.5 Å². The molecular weight excluding hydrogens is 354 g/mol. The van der Waals surface area contributed by atoms with E-state index in [-0.39, 0.29) is 24.7 Å². The molecule has 144 valence electrons.